The number of carbonyl (C=O) groups is 1. The summed E-state index contributed by atoms with van der Waals surface area (Å²) in [4.78, 5) is 54.9. The standard InChI is InChI=1S/C27H30N6O12P2/c28-27-31-24-21(25(37)32-27)29-13-33(24)26-23(36)22(35)18(44-26)12-43-47(40,41)45-46(38,39)42-11-5-10-19(34)30-20-16-8-3-1-6-14(16)15-7-2-4-9-17(15)20/h1-4,6-9,13,18,20,22-23,26,35-36H,5,10-12H2,(H,30,34)(H,38,39)(H,40,41)(H3,28,31,32,37)/t18-,22-,23-,26-/m1/s1. The molecule has 1 saturated heterocycles. The number of aliphatic hydroxyl groups is 2. The number of carbonyl (C=O) groups excluding carboxylic acids is 1. The molecule has 6 atom stereocenters. The van der Waals surface area contributed by atoms with Crippen molar-refractivity contribution in [1.29, 1.82) is 0 Å². The van der Waals surface area contributed by atoms with Gasteiger partial charge >= 0.3 is 15.6 Å². The molecule has 2 aliphatic rings. The van der Waals surface area contributed by atoms with Gasteiger partial charge in [0.05, 0.1) is 25.6 Å². The van der Waals surface area contributed by atoms with E-state index in [0.29, 0.717) is 0 Å². The van der Waals surface area contributed by atoms with Crippen LogP contribution in [0.4, 0.5) is 5.95 Å². The van der Waals surface area contributed by atoms with Crippen LogP contribution in [-0.4, -0.2) is 77.0 Å². The quantitative estimate of drug-likeness (QED) is 0.0813. The van der Waals surface area contributed by atoms with Crippen LogP contribution < -0.4 is 16.6 Å². The summed E-state index contributed by atoms with van der Waals surface area (Å²) in [5.74, 6) is -0.587. The van der Waals surface area contributed by atoms with Crippen LogP contribution in [0.5, 0.6) is 0 Å². The fourth-order valence-corrected chi connectivity index (χ4v) is 7.64. The van der Waals surface area contributed by atoms with Crippen molar-refractivity contribution >= 4 is 38.7 Å². The molecule has 2 unspecified atom stereocenters. The molecule has 47 heavy (non-hydrogen) atoms. The van der Waals surface area contributed by atoms with Crippen molar-refractivity contribution in [2.24, 2.45) is 0 Å². The normalized spacial score (nSPS) is 23.2. The van der Waals surface area contributed by atoms with Crippen LogP contribution in [-0.2, 0) is 32.0 Å². The van der Waals surface area contributed by atoms with Gasteiger partial charge in [-0.1, -0.05) is 48.5 Å². The number of ether oxygens (including phenoxy) is 1. The molecule has 4 aromatic rings. The number of nitrogens with two attached hydrogens (primary N) is 1. The fourth-order valence-electron chi connectivity index (χ4n) is 5.53. The Morgan fingerprint density at radius 1 is 1.02 bits per heavy atom. The number of nitrogen functional groups attached to an aromatic ring is 1. The van der Waals surface area contributed by atoms with Crippen molar-refractivity contribution in [3.05, 3.63) is 76.3 Å². The Bertz CT molecular complexity index is 1920. The van der Waals surface area contributed by atoms with E-state index in [-0.39, 0.29) is 41.9 Å². The predicted molar refractivity (Wildman–Crippen MR) is 162 cm³/mol. The van der Waals surface area contributed by atoms with Crippen LogP contribution in [0.25, 0.3) is 22.3 Å². The van der Waals surface area contributed by atoms with Crippen molar-refractivity contribution in [3.63, 3.8) is 0 Å². The van der Waals surface area contributed by atoms with E-state index in [9.17, 15) is 38.7 Å². The van der Waals surface area contributed by atoms with E-state index in [1.807, 2.05) is 48.5 Å². The van der Waals surface area contributed by atoms with E-state index >= 15 is 0 Å². The molecule has 1 amide bonds. The first-order valence-electron chi connectivity index (χ1n) is 14.2. The van der Waals surface area contributed by atoms with Crippen LogP contribution >= 0.6 is 15.6 Å². The SMILES string of the molecule is Nc1nc2c(ncn2[C@@H]2O[C@H](COP(=O)(O)OP(=O)(O)OCCCC(=O)NC3c4ccccc4-c4ccccc43)[C@@H](O)[C@H]2O)c(=O)[nH]1. The molecular formula is C27H30N6O12P2. The Morgan fingerprint density at radius 3 is 2.34 bits per heavy atom. The Labute approximate surface area is 265 Å². The summed E-state index contributed by atoms with van der Waals surface area (Å²) in [6.45, 7) is -1.35. The number of phosphoric ester groups is 2. The van der Waals surface area contributed by atoms with Gasteiger partial charge in [0.2, 0.25) is 11.9 Å². The molecule has 1 fully saturated rings. The largest absolute Gasteiger partial charge is 0.481 e. The minimum atomic E-state index is -5.28. The number of benzene rings is 2. The third kappa shape index (κ3) is 6.93. The zero-order chi connectivity index (χ0) is 33.5. The molecule has 20 heteroatoms. The number of phosphoric acid groups is 2. The molecule has 250 valence electrons. The number of hydrogen-bond donors (Lipinski definition) is 7. The van der Waals surface area contributed by atoms with Crippen molar-refractivity contribution in [1.82, 2.24) is 24.8 Å². The molecule has 2 aromatic carbocycles. The Balaban J connectivity index is 0.977. The summed E-state index contributed by atoms with van der Waals surface area (Å²) in [6, 6.07) is 15.0. The Kier molecular flexibility index (Phi) is 9.17. The first-order chi connectivity index (χ1) is 22.3. The highest BCUT2D eigenvalue weighted by molar-refractivity contribution is 7.61. The lowest BCUT2D eigenvalue weighted by atomic mass is 10.1. The highest BCUT2D eigenvalue weighted by atomic mass is 31.3. The molecule has 8 N–H and O–H groups in total. The number of imidazole rings is 1. The summed E-state index contributed by atoms with van der Waals surface area (Å²) in [6.07, 6.45) is -5.10. The van der Waals surface area contributed by atoms with Crippen molar-refractivity contribution in [2.75, 3.05) is 18.9 Å². The van der Waals surface area contributed by atoms with Gasteiger partial charge in [-0.3, -0.25) is 28.2 Å². The van der Waals surface area contributed by atoms with E-state index in [0.717, 1.165) is 33.1 Å². The monoisotopic (exact) mass is 692 g/mol. The summed E-state index contributed by atoms with van der Waals surface area (Å²) in [7, 11) is -10.4. The van der Waals surface area contributed by atoms with Gasteiger partial charge in [0, 0.05) is 6.42 Å². The number of nitrogens with zero attached hydrogens (tertiary/aromatic N) is 3. The maximum Gasteiger partial charge on any atom is 0.481 e. The minimum absolute atomic E-state index is 0.0248. The lowest BCUT2D eigenvalue weighted by Crippen LogP contribution is -2.33. The second-order valence-electron chi connectivity index (χ2n) is 10.7. The summed E-state index contributed by atoms with van der Waals surface area (Å²) in [5.41, 5.74) is 8.65. The van der Waals surface area contributed by atoms with Crippen LogP contribution in [0.2, 0.25) is 0 Å². The van der Waals surface area contributed by atoms with Gasteiger partial charge in [0.25, 0.3) is 5.56 Å². The molecule has 2 aromatic heterocycles. The van der Waals surface area contributed by atoms with E-state index in [2.05, 4.69) is 24.6 Å². The van der Waals surface area contributed by atoms with Gasteiger partial charge in [0.15, 0.2) is 17.4 Å². The lowest BCUT2D eigenvalue weighted by molar-refractivity contribution is -0.121. The van der Waals surface area contributed by atoms with Gasteiger partial charge in [-0.2, -0.15) is 9.29 Å². The van der Waals surface area contributed by atoms with Gasteiger partial charge in [-0.15, -0.1) is 0 Å². The number of aromatic amines is 1. The molecule has 0 saturated carbocycles. The van der Waals surface area contributed by atoms with Gasteiger partial charge in [-0.25, -0.2) is 14.1 Å². The smallest absolute Gasteiger partial charge is 0.387 e. The number of H-pyrrole nitrogens is 1. The zero-order valence-electron chi connectivity index (χ0n) is 24.3. The molecule has 1 aliphatic carbocycles. The van der Waals surface area contributed by atoms with Crippen LogP contribution in [0.3, 0.4) is 0 Å². The molecule has 18 nitrogen and oxygen atoms in total. The number of aromatic nitrogens is 4. The summed E-state index contributed by atoms with van der Waals surface area (Å²) >= 11 is 0. The second kappa shape index (κ2) is 13.0. The van der Waals surface area contributed by atoms with Crippen molar-refractivity contribution in [3.8, 4) is 11.1 Å². The number of fused-ring (bicyclic) bond motifs is 4. The molecular weight excluding hydrogens is 662 g/mol. The fraction of sp³-hybridized carbons (Fsp3) is 0.333. The number of rotatable bonds is 12. The number of hydrogen-bond acceptors (Lipinski definition) is 13. The van der Waals surface area contributed by atoms with E-state index in [1.54, 1.807) is 0 Å². The third-order valence-corrected chi connectivity index (χ3v) is 10.2. The Hall–Kier alpha value is -3.80. The van der Waals surface area contributed by atoms with E-state index in [4.69, 9.17) is 19.5 Å². The van der Waals surface area contributed by atoms with E-state index < -0.39 is 59.0 Å². The first kappa shape index (κ1) is 33.1. The van der Waals surface area contributed by atoms with Gasteiger partial charge in [0.1, 0.15) is 18.3 Å². The molecule has 3 heterocycles. The molecule has 0 spiro atoms. The molecule has 1 aliphatic heterocycles. The van der Waals surface area contributed by atoms with Crippen molar-refractivity contribution < 1.29 is 52.0 Å². The molecule has 6 rings (SSSR count). The topological polar surface area (TPSA) is 271 Å². The zero-order valence-corrected chi connectivity index (χ0v) is 26.1. The second-order valence-corrected chi connectivity index (χ2v) is 13.8. The summed E-state index contributed by atoms with van der Waals surface area (Å²) in [5, 5.41) is 23.9. The number of amides is 1. The average molecular weight is 693 g/mol. The van der Waals surface area contributed by atoms with E-state index in [1.165, 1.54) is 0 Å². The maximum absolute atomic E-state index is 12.7. The highest BCUT2D eigenvalue weighted by Gasteiger charge is 2.46. The maximum atomic E-state index is 12.7. The third-order valence-electron chi connectivity index (χ3n) is 7.61. The molecule has 0 radical (unpaired) electrons. The average Bonchev–Trinajstić information content (AvgIpc) is 3.66. The first-order valence-corrected chi connectivity index (χ1v) is 17.2. The van der Waals surface area contributed by atoms with Crippen LogP contribution in [0, 0.1) is 0 Å². The lowest BCUT2D eigenvalue weighted by Gasteiger charge is -2.19. The summed E-state index contributed by atoms with van der Waals surface area (Å²) < 4.78 is 45.3. The predicted octanol–water partition coefficient (Wildman–Crippen LogP) is 1.24. The number of nitrogens with one attached hydrogen (secondary N) is 2. The highest BCUT2D eigenvalue weighted by Crippen LogP contribution is 2.60. The van der Waals surface area contributed by atoms with Gasteiger partial charge < -0.3 is 35.8 Å². The Morgan fingerprint density at radius 2 is 1.66 bits per heavy atom. The number of anilines is 1. The molecule has 0 bridgehead atoms. The van der Waals surface area contributed by atoms with Crippen molar-refractivity contribution in [2.45, 2.75) is 43.4 Å². The van der Waals surface area contributed by atoms with Crippen LogP contribution in [0.1, 0.15) is 36.2 Å². The van der Waals surface area contributed by atoms with Crippen LogP contribution in [0.15, 0.2) is 59.7 Å². The number of aliphatic hydroxyl groups excluding tert-OH is 2. The minimum Gasteiger partial charge on any atom is -0.387 e. The van der Waals surface area contributed by atoms with Gasteiger partial charge in [-0.05, 0) is 28.7 Å².